The first-order valence-corrected chi connectivity index (χ1v) is 10.5. The van der Waals surface area contributed by atoms with Crippen molar-refractivity contribution >= 4 is 34.5 Å². The molecule has 142 valence electrons. The molecule has 0 aliphatic carbocycles. The minimum Gasteiger partial charge on any atom is -0.177 e. The Bertz CT molecular complexity index is 1090. The molecule has 2 aromatic heterocycles. The van der Waals surface area contributed by atoms with Crippen LogP contribution in [0.2, 0.25) is 10.0 Å². The van der Waals surface area contributed by atoms with Crippen molar-refractivity contribution in [3.05, 3.63) is 74.6 Å². The molecule has 0 saturated heterocycles. The third kappa shape index (κ3) is 3.97. The highest BCUT2D eigenvalue weighted by Gasteiger charge is 2.19. The fourth-order valence-electron chi connectivity index (χ4n) is 3.21. The highest BCUT2D eigenvalue weighted by atomic mass is 35.5. The maximum absolute atomic E-state index is 6.28. The fraction of sp³-hybridized carbons (Fsp3) is 0.190. The number of H-pyrrole nitrogens is 1. The summed E-state index contributed by atoms with van der Waals surface area (Å²) in [6.07, 6.45) is 0.801. The second-order valence-corrected chi connectivity index (χ2v) is 8.88. The van der Waals surface area contributed by atoms with Gasteiger partial charge in [0.1, 0.15) is 0 Å². The van der Waals surface area contributed by atoms with Gasteiger partial charge in [0.2, 0.25) is 5.82 Å². The van der Waals surface area contributed by atoms with Gasteiger partial charge in [0.15, 0.2) is 0 Å². The highest BCUT2D eigenvalue weighted by molar-refractivity contribution is 7.16. The van der Waals surface area contributed by atoms with Crippen LogP contribution in [0.4, 0.5) is 0 Å². The second kappa shape index (κ2) is 8.03. The lowest BCUT2D eigenvalue weighted by Crippen LogP contribution is -1.94. The van der Waals surface area contributed by atoms with E-state index in [1.165, 1.54) is 27.1 Å². The van der Waals surface area contributed by atoms with E-state index in [-0.39, 0.29) is 0 Å². The van der Waals surface area contributed by atoms with Crippen LogP contribution in [0.25, 0.3) is 21.8 Å². The van der Waals surface area contributed by atoms with Crippen LogP contribution in [0.3, 0.4) is 0 Å². The minimum absolute atomic E-state index is 0.352. The van der Waals surface area contributed by atoms with Crippen molar-refractivity contribution in [2.75, 3.05) is 0 Å². The third-order valence-electron chi connectivity index (χ3n) is 4.58. The van der Waals surface area contributed by atoms with Crippen molar-refractivity contribution in [2.24, 2.45) is 0 Å². The van der Waals surface area contributed by atoms with Crippen LogP contribution >= 0.6 is 34.5 Å². The summed E-state index contributed by atoms with van der Waals surface area (Å²) in [6.45, 7) is 4.36. The number of halogens is 2. The first kappa shape index (κ1) is 19.1. The van der Waals surface area contributed by atoms with Gasteiger partial charge in [0.05, 0.1) is 4.88 Å². The number of aromatic nitrogens is 4. The Morgan fingerprint density at radius 1 is 0.964 bits per heavy atom. The van der Waals surface area contributed by atoms with Gasteiger partial charge in [-0.3, -0.25) is 0 Å². The van der Waals surface area contributed by atoms with E-state index < -0.39 is 0 Å². The number of thiophene rings is 1. The molecule has 0 saturated carbocycles. The largest absolute Gasteiger partial charge is 0.214 e. The van der Waals surface area contributed by atoms with Gasteiger partial charge in [-0.05, 0) is 63.7 Å². The van der Waals surface area contributed by atoms with E-state index in [0.717, 1.165) is 21.3 Å². The quantitative estimate of drug-likeness (QED) is 0.388. The number of benzene rings is 2. The molecule has 2 aromatic carbocycles. The lowest BCUT2D eigenvalue weighted by atomic mass is 9.91. The molecule has 0 amide bonds. The summed E-state index contributed by atoms with van der Waals surface area (Å²) in [5.74, 6) is 0.958. The molecule has 28 heavy (non-hydrogen) atoms. The van der Waals surface area contributed by atoms with Crippen LogP contribution < -0.4 is 0 Å². The van der Waals surface area contributed by atoms with Gasteiger partial charge in [-0.2, -0.15) is 5.21 Å². The van der Waals surface area contributed by atoms with Gasteiger partial charge in [-0.25, -0.2) is 0 Å². The Hall–Kier alpha value is -2.21. The first-order valence-electron chi connectivity index (χ1n) is 8.92. The topological polar surface area (TPSA) is 54.5 Å². The average molecular weight is 429 g/mol. The Labute approximate surface area is 177 Å². The molecule has 0 fully saturated rings. The van der Waals surface area contributed by atoms with E-state index >= 15 is 0 Å². The van der Waals surface area contributed by atoms with Crippen LogP contribution in [0.1, 0.15) is 35.8 Å². The van der Waals surface area contributed by atoms with E-state index in [1.807, 2.05) is 18.2 Å². The van der Waals surface area contributed by atoms with Gasteiger partial charge >= 0.3 is 0 Å². The Kier molecular flexibility index (Phi) is 5.49. The van der Waals surface area contributed by atoms with E-state index in [9.17, 15) is 0 Å². The molecule has 4 nitrogen and oxygen atoms in total. The SMILES string of the molecule is CC(C)c1cc(Cl)ccc1-c1cc(-c2nn[nH]n2)sc1Cc1ccc(Cl)cc1. The summed E-state index contributed by atoms with van der Waals surface area (Å²) in [7, 11) is 0. The molecule has 4 aromatic rings. The smallest absolute Gasteiger partial charge is 0.177 e. The molecule has 0 radical (unpaired) electrons. The molecule has 1 N–H and O–H groups in total. The predicted molar refractivity (Wildman–Crippen MR) is 116 cm³/mol. The summed E-state index contributed by atoms with van der Waals surface area (Å²) in [4.78, 5) is 2.23. The molecule has 7 heteroatoms. The minimum atomic E-state index is 0.352. The molecular weight excluding hydrogens is 411 g/mol. The Morgan fingerprint density at radius 2 is 1.71 bits per heavy atom. The average Bonchev–Trinajstić information content (AvgIpc) is 3.33. The summed E-state index contributed by atoms with van der Waals surface area (Å²) in [5, 5.41) is 16.0. The lowest BCUT2D eigenvalue weighted by molar-refractivity contribution is 0.869. The van der Waals surface area contributed by atoms with E-state index in [4.69, 9.17) is 23.2 Å². The number of tetrazole rings is 1. The van der Waals surface area contributed by atoms with Crippen molar-refractivity contribution in [3.63, 3.8) is 0 Å². The molecule has 0 unspecified atom stereocenters. The highest BCUT2D eigenvalue weighted by Crippen LogP contribution is 2.41. The van der Waals surface area contributed by atoms with E-state index in [2.05, 4.69) is 64.8 Å². The predicted octanol–water partition coefficient (Wildman–Crippen LogP) is 6.62. The third-order valence-corrected chi connectivity index (χ3v) is 6.20. The second-order valence-electron chi connectivity index (χ2n) is 6.87. The zero-order chi connectivity index (χ0) is 19.7. The van der Waals surface area contributed by atoms with Crippen molar-refractivity contribution < 1.29 is 0 Å². The van der Waals surface area contributed by atoms with Gasteiger partial charge in [0, 0.05) is 21.3 Å². The van der Waals surface area contributed by atoms with Crippen LogP contribution in [-0.4, -0.2) is 20.6 Å². The molecule has 0 aliphatic heterocycles. The number of hydrogen-bond acceptors (Lipinski definition) is 4. The lowest BCUT2D eigenvalue weighted by Gasteiger charge is -2.14. The maximum Gasteiger partial charge on any atom is 0.214 e. The number of nitrogens with zero attached hydrogens (tertiary/aromatic N) is 3. The molecule has 0 atom stereocenters. The standard InChI is InChI=1S/C21H18Cl2N4S/c1-12(2)17-10-15(23)7-8-16(17)18-11-20(21-24-26-27-25-21)28-19(18)9-13-3-5-14(22)6-4-13/h3-8,10-12H,9H2,1-2H3,(H,24,25,26,27). The zero-order valence-corrected chi connectivity index (χ0v) is 17.7. The monoisotopic (exact) mass is 428 g/mol. The molecule has 2 heterocycles. The maximum atomic E-state index is 6.28. The molecular formula is C21H18Cl2N4S. The van der Waals surface area contributed by atoms with Gasteiger partial charge < -0.3 is 0 Å². The van der Waals surface area contributed by atoms with E-state index in [0.29, 0.717) is 11.7 Å². The van der Waals surface area contributed by atoms with Crippen molar-refractivity contribution in [1.82, 2.24) is 20.6 Å². The zero-order valence-electron chi connectivity index (χ0n) is 15.4. The molecule has 0 aliphatic rings. The summed E-state index contributed by atoms with van der Waals surface area (Å²) >= 11 is 14.0. The van der Waals surface area contributed by atoms with E-state index in [1.54, 1.807) is 11.3 Å². The molecule has 0 spiro atoms. The molecule has 0 bridgehead atoms. The van der Waals surface area contributed by atoms with Crippen LogP contribution in [0.5, 0.6) is 0 Å². The van der Waals surface area contributed by atoms with Crippen LogP contribution in [-0.2, 0) is 6.42 Å². The Balaban J connectivity index is 1.84. The van der Waals surface area contributed by atoms with Crippen molar-refractivity contribution in [3.8, 4) is 21.8 Å². The summed E-state index contributed by atoms with van der Waals surface area (Å²) in [6, 6.07) is 16.2. The van der Waals surface area contributed by atoms with Gasteiger partial charge in [-0.15, -0.1) is 21.5 Å². The Morgan fingerprint density at radius 3 is 2.39 bits per heavy atom. The van der Waals surface area contributed by atoms with Crippen molar-refractivity contribution in [1.29, 1.82) is 0 Å². The number of rotatable bonds is 5. The van der Waals surface area contributed by atoms with Crippen LogP contribution in [0, 0.1) is 0 Å². The van der Waals surface area contributed by atoms with Crippen LogP contribution in [0.15, 0.2) is 48.5 Å². The fourth-order valence-corrected chi connectivity index (χ4v) is 4.65. The number of nitrogens with one attached hydrogen (secondary N) is 1. The summed E-state index contributed by atoms with van der Waals surface area (Å²) in [5.41, 5.74) is 4.80. The summed E-state index contributed by atoms with van der Waals surface area (Å²) < 4.78 is 0. The number of hydrogen-bond donors (Lipinski definition) is 1. The normalized spacial score (nSPS) is 11.3. The van der Waals surface area contributed by atoms with Gasteiger partial charge in [-0.1, -0.05) is 55.2 Å². The van der Waals surface area contributed by atoms with Gasteiger partial charge in [0.25, 0.3) is 0 Å². The molecule has 4 rings (SSSR count). The first-order chi connectivity index (χ1) is 13.5. The van der Waals surface area contributed by atoms with Crippen molar-refractivity contribution in [2.45, 2.75) is 26.2 Å². The number of aromatic amines is 1.